The number of aldehydes is 1. The molecule has 10 nitrogen and oxygen atoms in total. The standard InChI is InChI=1S/C14H17N3O3.C8H16N2O2.C7H7F/c1-4-10-11(15-7-19)5-9-13(20-8(2)3)12(6-18)17-14(9)16-10;1-9-7-2-4-10(5-3-7)8(12)6-11;1-6-2-4-7(8)5-3-6/h5-8H,4H2,1-3H3,(H,15,19)(H,16,17);7,9,11H,2-6H2,1H3;2-5H,1H3. The minimum atomic E-state index is -0.357. The summed E-state index contributed by atoms with van der Waals surface area (Å²) in [4.78, 5) is 41.9. The van der Waals surface area contributed by atoms with Crippen molar-refractivity contribution in [2.24, 2.45) is 0 Å². The number of hydrogen-bond donors (Lipinski definition) is 4. The fourth-order valence-electron chi connectivity index (χ4n) is 4.10. The van der Waals surface area contributed by atoms with Crippen molar-refractivity contribution in [3.63, 3.8) is 0 Å². The molecule has 1 fully saturated rings. The Balaban J connectivity index is 0.000000236. The van der Waals surface area contributed by atoms with Crippen LogP contribution in [-0.4, -0.2) is 77.5 Å². The molecule has 2 aromatic heterocycles. The van der Waals surface area contributed by atoms with Gasteiger partial charge in [-0.05, 0) is 65.3 Å². The molecule has 0 atom stereocenters. The molecule has 1 aromatic carbocycles. The SMILES string of the molecule is CCc1nc2[nH]c(C=O)c(OC(C)C)c2cc1NC=O.CNC1CCN(C(=O)CO)CC1.Cc1ccc(F)cc1. The number of aromatic nitrogens is 2. The second-order valence-electron chi connectivity index (χ2n) is 9.54. The van der Waals surface area contributed by atoms with Crippen LogP contribution in [0.1, 0.15) is 55.4 Å². The van der Waals surface area contributed by atoms with E-state index >= 15 is 0 Å². The highest BCUT2D eigenvalue weighted by molar-refractivity contribution is 5.96. The van der Waals surface area contributed by atoms with E-state index in [0.717, 1.165) is 37.2 Å². The number of aromatic amines is 1. The van der Waals surface area contributed by atoms with Gasteiger partial charge in [0.05, 0.1) is 22.9 Å². The van der Waals surface area contributed by atoms with Crippen LogP contribution in [-0.2, 0) is 16.0 Å². The summed E-state index contributed by atoms with van der Waals surface area (Å²) in [5.74, 6) is 0.147. The first kappa shape index (κ1) is 32.4. The van der Waals surface area contributed by atoms with Crippen LogP contribution >= 0.6 is 0 Å². The molecular weight excluding hydrogens is 517 g/mol. The number of hydrogen-bond acceptors (Lipinski definition) is 7. The fraction of sp³-hybridized carbons (Fsp3) is 0.448. The number of carbonyl (C=O) groups excluding carboxylic acids is 3. The van der Waals surface area contributed by atoms with Crippen molar-refractivity contribution < 1.29 is 28.6 Å². The van der Waals surface area contributed by atoms with Crippen molar-refractivity contribution in [3.05, 3.63) is 53.1 Å². The van der Waals surface area contributed by atoms with Crippen molar-refractivity contribution >= 4 is 35.3 Å². The normalized spacial score (nSPS) is 13.2. The van der Waals surface area contributed by atoms with Crippen molar-refractivity contribution in [2.45, 2.75) is 59.1 Å². The predicted octanol–water partition coefficient (Wildman–Crippen LogP) is 3.62. The van der Waals surface area contributed by atoms with Crippen LogP contribution in [0.25, 0.3) is 11.0 Å². The van der Waals surface area contributed by atoms with E-state index in [1.54, 1.807) is 23.1 Å². The summed E-state index contributed by atoms with van der Waals surface area (Å²) in [6.45, 7) is 8.82. The fourth-order valence-corrected chi connectivity index (χ4v) is 4.10. The summed E-state index contributed by atoms with van der Waals surface area (Å²) in [5, 5.41) is 15.1. The topological polar surface area (TPSA) is 137 Å². The highest BCUT2D eigenvalue weighted by Gasteiger charge is 2.20. The first-order valence-electron chi connectivity index (χ1n) is 13.3. The number of aryl methyl sites for hydroxylation is 2. The Bertz CT molecular complexity index is 1220. The van der Waals surface area contributed by atoms with Crippen LogP contribution in [0.15, 0.2) is 30.3 Å². The van der Waals surface area contributed by atoms with Gasteiger partial charge in [0.1, 0.15) is 23.8 Å². The minimum absolute atomic E-state index is 0.0685. The molecule has 0 saturated carbocycles. The largest absolute Gasteiger partial charge is 0.488 e. The molecule has 4 rings (SSSR count). The number of aliphatic hydroxyl groups is 1. The van der Waals surface area contributed by atoms with Gasteiger partial charge in [0.15, 0.2) is 12.0 Å². The predicted molar refractivity (Wildman–Crippen MR) is 153 cm³/mol. The third-order valence-electron chi connectivity index (χ3n) is 6.27. The van der Waals surface area contributed by atoms with Gasteiger partial charge in [-0.1, -0.05) is 24.6 Å². The van der Waals surface area contributed by atoms with Crippen LogP contribution in [0, 0.1) is 12.7 Å². The summed E-state index contributed by atoms with van der Waals surface area (Å²) in [6, 6.07) is 8.71. The van der Waals surface area contributed by atoms with E-state index in [0.29, 0.717) is 53.3 Å². The molecule has 4 N–H and O–H groups in total. The summed E-state index contributed by atoms with van der Waals surface area (Å²) >= 11 is 0. The van der Waals surface area contributed by atoms with E-state index in [1.165, 1.54) is 12.1 Å². The summed E-state index contributed by atoms with van der Waals surface area (Å²) < 4.78 is 17.8. The smallest absolute Gasteiger partial charge is 0.248 e. The third kappa shape index (κ3) is 9.42. The highest BCUT2D eigenvalue weighted by atomic mass is 19.1. The van der Waals surface area contributed by atoms with Crippen LogP contribution in [0.5, 0.6) is 5.75 Å². The lowest BCUT2D eigenvalue weighted by Gasteiger charge is -2.31. The number of anilines is 1. The maximum atomic E-state index is 12.1. The maximum Gasteiger partial charge on any atom is 0.248 e. The Labute approximate surface area is 234 Å². The Hall–Kier alpha value is -3.83. The molecule has 0 radical (unpaired) electrons. The highest BCUT2D eigenvalue weighted by Crippen LogP contribution is 2.32. The van der Waals surface area contributed by atoms with Crippen molar-refractivity contribution in [1.82, 2.24) is 20.2 Å². The lowest BCUT2D eigenvalue weighted by Crippen LogP contribution is -2.44. The number of H-pyrrole nitrogens is 1. The Morgan fingerprint density at radius 1 is 1.25 bits per heavy atom. The summed E-state index contributed by atoms with van der Waals surface area (Å²) in [7, 11) is 1.94. The average molecular weight is 558 g/mol. The number of ether oxygens (including phenoxy) is 1. The molecule has 1 aliphatic rings. The number of likely N-dealkylation sites (tertiary alicyclic amines) is 1. The summed E-state index contributed by atoms with van der Waals surface area (Å²) in [5.41, 5.74) is 3.40. The van der Waals surface area contributed by atoms with Crippen molar-refractivity contribution in [2.75, 3.05) is 32.1 Å². The van der Waals surface area contributed by atoms with Gasteiger partial charge in [-0.3, -0.25) is 14.4 Å². The number of pyridine rings is 1. The first-order valence-corrected chi connectivity index (χ1v) is 13.3. The molecule has 0 bridgehead atoms. The lowest BCUT2D eigenvalue weighted by molar-refractivity contribution is -0.135. The Morgan fingerprint density at radius 2 is 1.90 bits per heavy atom. The van der Waals surface area contributed by atoms with Crippen molar-refractivity contribution in [3.8, 4) is 5.75 Å². The number of aliphatic hydroxyl groups excluding tert-OH is 1. The zero-order chi connectivity index (χ0) is 29.7. The first-order chi connectivity index (χ1) is 19.2. The molecule has 2 amide bonds. The van der Waals surface area contributed by atoms with Gasteiger partial charge in [0.25, 0.3) is 0 Å². The molecule has 0 aliphatic carbocycles. The number of fused-ring (bicyclic) bond motifs is 1. The van der Waals surface area contributed by atoms with E-state index in [4.69, 9.17) is 9.84 Å². The van der Waals surface area contributed by atoms with Crippen LogP contribution in [0.4, 0.5) is 10.1 Å². The number of rotatable bonds is 8. The number of nitrogens with zero attached hydrogens (tertiary/aromatic N) is 2. The molecule has 0 spiro atoms. The molecule has 1 aliphatic heterocycles. The molecule has 11 heteroatoms. The molecule has 1 saturated heterocycles. The van der Waals surface area contributed by atoms with Crippen LogP contribution in [0.2, 0.25) is 0 Å². The van der Waals surface area contributed by atoms with E-state index in [1.807, 2.05) is 34.7 Å². The number of carbonyl (C=O) groups is 3. The van der Waals surface area contributed by atoms with Gasteiger partial charge in [-0.2, -0.15) is 0 Å². The molecule has 0 unspecified atom stereocenters. The van der Waals surface area contributed by atoms with Crippen LogP contribution < -0.4 is 15.4 Å². The van der Waals surface area contributed by atoms with Gasteiger partial charge in [0, 0.05) is 19.1 Å². The van der Waals surface area contributed by atoms with E-state index < -0.39 is 0 Å². The zero-order valence-electron chi connectivity index (χ0n) is 23.8. The van der Waals surface area contributed by atoms with Gasteiger partial charge in [-0.25, -0.2) is 9.37 Å². The van der Waals surface area contributed by atoms with Gasteiger partial charge < -0.3 is 30.4 Å². The van der Waals surface area contributed by atoms with Crippen LogP contribution in [0.3, 0.4) is 0 Å². The third-order valence-corrected chi connectivity index (χ3v) is 6.27. The molecule has 3 heterocycles. The minimum Gasteiger partial charge on any atom is -0.488 e. The van der Waals surface area contributed by atoms with Gasteiger partial charge >= 0.3 is 0 Å². The van der Waals surface area contributed by atoms with E-state index in [9.17, 15) is 18.8 Å². The molecule has 40 heavy (non-hydrogen) atoms. The second-order valence-corrected chi connectivity index (χ2v) is 9.54. The Morgan fingerprint density at radius 3 is 2.38 bits per heavy atom. The van der Waals surface area contributed by atoms with Gasteiger partial charge in [0.2, 0.25) is 12.3 Å². The van der Waals surface area contributed by atoms with E-state index in [2.05, 4.69) is 20.6 Å². The average Bonchev–Trinajstić information content (AvgIpc) is 3.30. The maximum absolute atomic E-state index is 12.1. The lowest BCUT2D eigenvalue weighted by atomic mass is 10.1. The Kier molecular flexibility index (Phi) is 13.2. The molecular formula is C29H40FN5O5. The summed E-state index contributed by atoms with van der Waals surface area (Å²) in [6.07, 6.45) is 3.89. The monoisotopic (exact) mass is 557 g/mol. The molecule has 3 aromatic rings. The second kappa shape index (κ2) is 16.3. The van der Waals surface area contributed by atoms with Gasteiger partial charge in [-0.15, -0.1) is 0 Å². The number of amides is 2. The quantitative estimate of drug-likeness (QED) is 0.311. The molecule has 218 valence electrons. The van der Waals surface area contributed by atoms with Crippen molar-refractivity contribution in [1.29, 1.82) is 0 Å². The number of piperidine rings is 1. The number of benzene rings is 1. The zero-order valence-corrected chi connectivity index (χ0v) is 23.8. The number of nitrogens with one attached hydrogen (secondary N) is 3. The number of halogens is 1. The van der Waals surface area contributed by atoms with E-state index in [-0.39, 0.29) is 24.4 Å².